The molecule has 0 heterocycles. The molecule has 0 spiro atoms. The highest BCUT2D eigenvalue weighted by Crippen LogP contribution is 2.61. The summed E-state index contributed by atoms with van der Waals surface area (Å²) >= 11 is 0. The number of carbonyl (C=O) groups is 2. The normalized spacial score (nSPS) is 29.4. The summed E-state index contributed by atoms with van der Waals surface area (Å²) in [6.45, 7) is 9.39. The average Bonchev–Trinajstić information content (AvgIpc) is 2.47. The summed E-state index contributed by atoms with van der Waals surface area (Å²) in [5.41, 5.74) is 0.440. The molecule has 3 fully saturated rings. The van der Waals surface area contributed by atoms with Crippen molar-refractivity contribution in [2.75, 3.05) is 13.7 Å². The van der Waals surface area contributed by atoms with Gasteiger partial charge in [0.15, 0.2) is 0 Å². The Bertz CT molecular complexity index is 350. The molecule has 0 aromatic heterocycles. The standard InChI is InChI=1S/C14H23NO3.C2H6/c1-14(2)10-5-4-9(11(14)6-10)8-15-12(16)7-13(17)18-3;1-2/h9-11H,4-8H2,1-3H3,(H,15,16);1-2H3. The molecule has 0 saturated heterocycles. The van der Waals surface area contributed by atoms with Crippen LogP contribution in [0.1, 0.15) is 53.4 Å². The van der Waals surface area contributed by atoms with E-state index in [1.165, 1.54) is 26.4 Å². The molecule has 1 N–H and O–H groups in total. The van der Waals surface area contributed by atoms with E-state index in [4.69, 9.17) is 0 Å². The number of esters is 1. The monoisotopic (exact) mass is 283 g/mol. The first-order valence-corrected chi connectivity index (χ1v) is 7.78. The molecule has 3 saturated carbocycles. The lowest BCUT2D eigenvalue weighted by atomic mass is 9.45. The number of carbonyl (C=O) groups excluding carboxylic acids is 2. The Morgan fingerprint density at radius 2 is 1.90 bits per heavy atom. The summed E-state index contributed by atoms with van der Waals surface area (Å²) in [5, 5.41) is 2.87. The SMILES string of the molecule is CC.COC(=O)CC(=O)NCC1CCC2CC1C2(C)C. The lowest BCUT2D eigenvalue weighted by Crippen LogP contribution is -2.54. The molecule has 20 heavy (non-hydrogen) atoms. The largest absolute Gasteiger partial charge is 0.469 e. The smallest absolute Gasteiger partial charge is 0.315 e. The molecule has 3 rings (SSSR count). The molecule has 3 unspecified atom stereocenters. The molecule has 1 amide bonds. The van der Waals surface area contributed by atoms with Crippen molar-refractivity contribution < 1.29 is 14.3 Å². The Morgan fingerprint density at radius 1 is 1.25 bits per heavy atom. The predicted octanol–water partition coefficient (Wildman–Crippen LogP) is 2.76. The number of hydrogen-bond acceptors (Lipinski definition) is 3. The minimum Gasteiger partial charge on any atom is -0.469 e. The van der Waals surface area contributed by atoms with Gasteiger partial charge in [-0.25, -0.2) is 0 Å². The average molecular weight is 283 g/mol. The second-order valence-electron chi connectivity index (χ2n) is 6.25. The zero-order chi connectivity index (χ0) is 15.3. The number of methoxy groups -OCH3 is 1. The van der Waals surface area contributed by atoms with Crippen molar-refractivity contribution in [1.82, 2.24) is 5.32 Å². The van der Waals surface area contributed by atoms with Gasteiger partial charge in [-0.05, 0) is 42.4 Å². The van der Waals surface area contributed by atoms with Gasteiger partial charge in [0.2, 0.25) is 5.91 Å². The van der Waals surface area contributed by atoms with Gasteiger partial charge in [0, 0.05) is 6.54 Å². The fourth-order valence-corrected chi connectivity index (χ4v) is 3.72. The maximum Gasteiger partial charge on any atom is 0.315 e. The third-order valence-corrected chi connectivity index (χ3v) is 5.10. The van der Waals surface area contributed by atoms with Gasteiger partial charge in [0.05, 0.1) is 7.11 Å². The van der Waals surface area contributed by atoms with Crippen LogP contribution in [0.15, 0.2) is 0 Å². The molecule has 4 heteroatoms. The number of hydrogen-bond donors (Lipinski definition) is 1. The van der Waals surface area contributed by atoms with Gasteiger partial charge in [-0.15, -0.1) is 0 Å². The molecule has 3 aliphatic rings. The summed E-state index contributed by atoms with van der Waals surface area (Å²) in [4.78, 5) is 22.5. The molecule has 4 nitrogen and oxygen atoms in total. The van der Waals surface area contributed by atoms with Crippen LogP contribution in [-0.2, 0) is 14.3 Å². The van der Waals surface area contributed by atoms with Crippen molar-refractivity contribution in [2.45, 2.75) is 53.4 Å². The highest BCUT2D eigenvalue weighted by Gasteiger charge is 2.53. The van der Waals surface area contributed by atoms with E-state index in [1.54, 1.807) is 0 Å². The highest BCUT2D eigenvalue weighted by atomic mass is 16.5. The summed E-state index contributed by atoms with van der Waals surface area (Å²) in [6, 6.07) is 0. The summed E-state index contributed by atoms with van der Waals surface area (Å²) in [7, 11) is 1.30. The Hall–Kier alpha value is -1.06. The van der Waals surface area contributed by atoms with Gasteiger partial charge in [-0.1, -0.05) is 27.7 Å². The first kappa shape index (κ1) is 17.0. The minimum absolute atomic E-state index is 0.167. The quantitative estimate of drug-likeness (QED) is 0.637. The molecule has 0 aliphatic heterocycles. The van der Waals surface area contributed by atoms with Crippen molar-refractivity contribution in [3.8, 4) is 0 Å². The maximum atomic E-state index is 11.5. The Morgan fingerprint density at radius 3 is 2.40 bits per heavy atom. The van der Waals surface area contributed by atoms with E-state index in [-0.39, 0.29) is 12.3 Å². The molecule has 0 aromatic carbocycles. The lowest BCUT2D eigenvalue weighted by Gasteiger charge is -2.60. The maximum absolute atomic E-state index is 11.5. The molecule has 0 radical (unpaired) electrons. The van der Waals surface area contributed by atoms with Crippen LogP contribution >= 0.6 is 0 Å². The molecule has 116 valence electrons. The van der Waals surface area contributed by atoms with E-state index >= 15 is 0 Å². The van der Waals surface area contributed by atoms with Gasteiger partial charge >= 0.3 is 5.97 Å². The van der Waals surface area contributed by atoms with Gasteiger partial charge < -0.3 is 10.1 Å². The molecule has 3 atom stereocenters. The van der Waals surface area contributed by atoms with Crippen LogP contribution in [0.3, 0.4) is 0 Å². The van der Waals surface area contributed by atoms with Crippen molar-refractivity contribution in [3.05, 3.63) is 0 Å². The van der Waals surface area contributed by atoms with Crippen LogP contribution in [0.5, 0.6) is 0 Å². The minimum atomic E-state index is -0.472. The van der Waals surface area contributed by atoms with Crippen molar-refractivity contribution >= 4 is 11.9 Å². The molecular weight excluding hydrogens is 254 g/mol. The van der Waals surface area contributed by atoms with Crippen LogP contribution in [0, 0.1) is 23.2 Å². The van der Waals surface area contributed by atoms with Crippen molar-refractivity contribution in [2.24, 2.45) is 23.2 Å². The van der Waals surface area contributed by atoms with Crippen LogP contribution in [-0.4, -0.2) is 25.5 Å². The van der Waals surface area contributed by atoms with Crippen LogP contribution < -0.4 is 5.32 Å². The third-order valence-electron chi connectivity index (χ3n) is 5.10. The topological polar surface area (TPSA) is 55.4 Å². The Kier molecular flexibility index (Phi) is 6.03. The number of rotatable bonds is 4. The third kappa shape index (κ3) is 3.53. The zero-order valence-electron chi connectivity index (χ0n) is 13.5. The van der Waals surface area contributed by atoms with Crippen molar-refractivity contribution in [3.63, 3.8) is 0 Å². The number of fused-ring (bicyclic) bond motifs is 2. The van der Waals surface area contributed by atoms with E-state index in [9.17, 15) is 9.59 Å². The van der Waals surface area contributed by atoms with E-state index in [0.29, 0.717) is 17.9 Å². The highest BCUT2D eigenvalue weighted by molar-refractivity contribution is 5.94. The second kappa shape index (κ2) is 7.09. The fourth-order valence-electron chi connectivity index (χ4n) is 3.72. The Balaban J connectivity index is 0.000000956. The van der Waals surface area contributed by atoms with E-state index in [2.05, 4.69) is 23.9 Å². The molecular formula is C16H29NO3. The number of amides is 1. The zero-order valence-corrected chi connectivity index (χ0v) is 13.5. The van der Waals surface area contributed by atoms with Crippen LogP contribution in [0.25, 0.3) is 0 Å². The number of nitrogens with one attached hydrogen (secondary N) is 1. The van der Waals surface area contributed by atoms with Gasteiger partial charge in [0.25, 0.3) is 0 Å². The summed E-state index contributed by atoms with van der Waals surface area (Å²) < 4.78 is 4.47. The van der Waals surface area contributed by atoms with Crippen LogP contribution in [0.2, 0.25) is 0 Å². The van der Waals surface area contributed by atoms with E-state index in [0.717, 1.165) is 11.8 Å². The number of ether oxygens (including phenoxy) is 1. The first-order valence-electron chi connectivity index (χ1n) is 7.78. The summed E-state index contributed by atoms with van der Waals surface area (Å²) in [6.07, 6.45) is 3.63. The molecule has 0 aromatic rings. The molecule has 3 aliphatic carbocycles. The van der Waals surface area contributed by atoms with Gasteiger partial charge in [0.1, 0.15) is 6.42 Å². The lowest BCUT2D eigenvalue weighted by molar-refractivity contribution is -0.144. The van der Waals surface area contributed by atoms with Gasteiger partial charge in [-0.2, -0.15) is 0 Å². The predicted molar refractivity (Wildman–Crippen MR) is 79.1 cm³/mol. The fraction of sp³-hybridized carbons (Fsp3) is 0.875. The Labute approximate surface area is 122 Å². The second-order valence-corrected chi connectivity index (χ2v) is 6.25. The summed E-state index contributed by atoms with van der Waals surface area (Å²) in [5.74, 6) is 1.49. The van der Waals surface area contributed by atoms with Crippen LogP contribution in [0.4, 0.5) is 0 Å². The van der Waals surface area contributed by atoms with Crippen molar-refractivity contribution in [1.29, 1.82) is 0 Å². The van der Waals surface area contributed by atoms with E-state index in [1.807, 2.05) is 13.8 Å². The van der Waals surface area contributed by atoms with E-state index < -0.39 is 5.97 Å². The first-order chi connectivity index (χ1) is 9.45. The van der Waals surface area contributed by atoms with Gasteiger partial charge in [-0.3, -0.25) is 9.59 Å². The molecule has 2 bridgehead atoms.